The normalized spacial score (nSPS) is 13.0. The standard InChI is InChI=1S/C23H22F5N5O3/c1-23(36,11-31-22(35)17-14(18(25)26)3-2-4-15(17)19(27)28)10-30-21(34)16-9-32-33(20(16)29)13-7-5-12(24)6-8-13/h2-9,18-19,36H,10-11,29H2,1H3,(H,30,34)(H,31,35). The molecule has 1 atom stereocenters. The molecule has 0 aliphatic heterocycles. The van der Waals surface area contributed by atoms with Crippen LogP contribution in [0.25, 0.3) is 5.69 Å². The van der Waals surface area contributed by atoms with Crippen molar-refractivity contribution in [2.45, 2.75) is 25.4 Å². The summed E-state index contributed by atoms with van der Waals surface area (Å²) in [4.78, 5) is 25.0. The molecule has 1 unspecified atom stereocenters. The zero-order valence-corrected chi connectivity index (χ0v) is 18.8. The molecule has 1 aromatic heterocycles. The average molecular weight is 511 g/mol. The van der Waals surface area contributed by atoms with Crippen molar-refractivity contribution in [2.75, 3.05) is 18.8 Å². The molecule has 1 heterocycles. The number of amides is 2. The minimum absolute atomic E-state index is 0.0494. The lowest BCUT2D eigenvalue weighted by molar-refractivity contribution is 0.0515. The Morgan fingerprint density at radius 2 is 1.53 bits per heavy atom. The number of rotatable bonds is 9. The van der Waals surface area contributed by atoms with Gasteiger partial charge in [-0.1, -0.05) is 18.2 Å². The summed E-state index contributed by atoms with van der Waals surface area (Å²) in [5, 5.41) is 19.1. The first-order valence-electron chi connectivity index (χ1n) is 10.5. The maximum absolute atomic E-state index is 13.3. The number of carbonyl (C=O) groups is 2. The van der Waals surface area contributed by atoms with Gasteiger partial charge in [0.2, 0.25) is 0 Å². The van der Waals surface area contributed by atoms with Crippen LogP contribution in [0, 0.1) is 5.82 Å². The number of benzene rings is 2. The fraction of sp³-hybridized carbons (Fsp3) is 0.261. The summed E-state index contributed by atoms with van der Waals surface area (Å²) >= 11 is 0. The Morgan fingerprint density at radius 3 is 2.06 bits per heavy atom. The van der Waals surface area contributed by atoms with Crippen LogP contribution in [0.3, 0.4) is 0 Å². The van der Waals surface area contributed by atoms with E-state index in [9.17, 15) is 36.6 Å². The number of nitrogens with zero attached hydrogens (tertiary/aromatic N) is 2. The van der Waals surface area contributed by atoms with Gasteiger partial charge in [-0.05, 0) is 31.2 Å². The van der Waals surface area contributed by atoms with E-state index in [4.69, 9.17) is 5.73 Å². The van der Waals surface area contributed by atoms with E-state index in [0.29, 0.717) is 5.69 Å². The van der Waals surface area contributed by atoms with Crippen molar-refractivity contribution >= 4 is 17.6 Å². The number of nitrogen functional groups attached to an aromatic ring is 1. The molecular formula is C23H22F5N5O3. The first-order valence-corrected chi connectivity index (χ1v) is 10.5. The molecule has 3 aromatic rings. The van der Waals surface area contributed by atoms with E-state index >= 15 is 0 Å². The van der Waals surface area contributed by atoms with Crippen molar-refractivity contribution in [3.05, 3.63) is 76.7 Å². The van der Waals surface area contributed by atoms with Crippen LogP contribution in [0.2, 0.25) is 0 Å². The van der Waals surface area contributed by atoms with E-state index in [1.165, 1.54) is 35.9 Å². The highest BCUT2D eigenvalue weighted by Crippen LogP contribution is 2.31. The van der Waals surface area contributed by atoms with Gasteiger partial charge >= 0.3 is 0 Å². The first kappa shape index (κ1) is 26.6. The highest BCUT2D eigenvalue weighted by atomic mass is 19.3. The van der Waals surface area contributed by atoms with Crippen LogP contribution in [0.5, 0.6) is 0 Å². The van der Waals surface area contributed by atoms with Gasteiger partial charge in [0.1, 0.15) is 17.2 Å². The fourth-order valence-electron chi connectivity index (χ4n) is 3.32. The number of anilines is 1. The molecule has 0 radical (unpaired) electrons. The smallest absolute Gasteiger partial charge is 0.264 e. The van der Waals surface area contributed by atoms with Crippen molar-refractivity contribution in [3.8, 4) is 5.69 Å². The number of halogens is 5. The highest BCUT2D eigenvalue weighted by Gasteiger charge is 2.29. The SMILES string of the molecule is CC(O)(CNC(=O)c1cnn(-c2ccc(F)cc2)c1N)CNC(=O)c1c(C(F)F)cccc1C(F)F. The quantitative estimate of drug-likeness (QED) is 0.328. The summed E-state index contributed by atoms with van der Waals surface area (Å²) < 4.78 is 67.5. The number of aromatic nitrogens is 2. The molecule has 13 heteroatoms. The minimum atomic E-state index is -3.18. The summed E-state index contributed by atoms with van der Waals surface area (Å²) in [5.41, 5.74) is 1.90. The summed E-state index contributed by atoms with van der Waals surface area (Å²) in [6, 6.07) is 7.90. The molecule has 2 aromatic carbocycles. The predicted molar refractivity (Wildman–Crippen MR) is 120 cm³/mol. The number of carbonyl (C=O) groups excluding carboxylic acids is 2. The van der Waals surface area contributed by atoms with Crippen LogP contribution in [-0.4, -0.2) is 45.4 Å². The second-order valence-corrected chi connectivity index (χ2v) is 8.11. The summed E-state index contributed by atoms with van der Waals surface area (Å²) in [7, 11) is 0. The molecule has 0 spiro atoms. The minimum Gasteiger partial charge on any atom is -0.386 e. The number of hydrogen-bond donors (Lipinski definition) is 4. The van der Waals surface area contributed by atoms with E-state index in [2.05, 4.69) is 15.7 Å². The monoisotopic (exact) mass is 511 g/mol. The Labute approximate surface area is 201 Å². The van der Waals surface area contributed by atoms with Crippen molar-refractivity contribution < 1.29 is 36.6 Å². The first-order chi connectivity index (χ1) is 16.9. The summed E-state index contributed by atoms with van der Waals surface area (Å²) in [6.45, 7) is 0.244. The largest absolute Gasteiger partial charge is 0.386 e. The predicted octanol–water partition coefficient (Wildman–Crippen LogP) is 3.38. The van der Waals surface area contributed by atoms with Gasteiger partial charge in [-0.2, -0.15) is 5.10 Å². The Hall–Kier alpha value is -4.00. The van der Waals surface area contributed by atoms with Crippen molar-refractivity contribution in [3.63, 3.8) is 0 Å². The van der Waals surface area contributed by atoms with E-state index in [0.717, 1.165) is 24.4 Å². The van der Waals surface area contributed by atoms with Gasteiger partial charge in [0, 0.05) is 24.2 Å². The van der Waals surface area contributed by atoms with Gasteiger partial charge in [0.15, 0.2) is 0 Å². The second-order valence-electron chi connectivity index (χ2n) is 8.11. The molecule has 0 saturated carbocycles. The molecule has 36 heavy (non-hydrogen) atoms. The molecular weight excluding hydrogens is 489 g/mol. The van der Waals surface area contributed by atoms with Crippen LogP contribution in [-0.2, 0) is 0 Å². The molecule has 0 aliphatic carbocycles. The van der Waals surface area contributed by atoms with Gasteiger partial charge in [0.25, 0.3) is 24.7 Å². The van der Waals surface area contributed by atoms with Crippen LogP contribution >= 0.6 is 0 Å². The fourth-order valence-corrected chi connectivity index (χ4v) is 3.32. The van der Waals surface area contributed by atoms with Crippen LogP contribution in [0.1, 0.15) is 51.6 Å². The van der Waals surface area contributed by atoms with E-state index in [1.54, 1.807) is 0 Å². The maximum atomic E-state index is 13.3. The molecule has 0 aliphatic rings. The molecule has 5 N–H and O–H groups in total. The number of hydrogen-bond acceptors (Lipinski definition) is 5. The van der Waals surface area contributed by atoms with Crippen molar-refractivity contribution in [1.29, 1.82) is 0 Å². The molecule has 192 valence electrons. The zero-order chi connectivity index (χ0) is 26.6. The second kappa shape index (κ2) is 10.7. The number of alkyl halides is 4. The Kier molecular flexibility index (Phi) is 7.93. The topological polar surface area (TPSA) is 122 Å². The van der Waals surface area contributed by atoms with Crippen molar-refractivity contribution in [1.82, 2.24) is 20.4 Å². The lowest BCUT2D eigenvalue weighted by Crippen LogP contribution is -2.49. The highest BCUT2D eigenvalue weighted by molar-refractivity contribution is 5.99. The van der Waals surface area contributed by atoms with Gasteiger partial charge in [0.05, 0.1) is 23.0 Å². The zero-order valence-electron chi connectivity index (χ0n) is 18.8. The van der Waals surface area contributed by atoms with E-state index < -0.39 is 65.9 Å². The third kappa shape index (κ3) is 5.97. The molecule has 0 saturated heterocycles. The van der Waals surface area contributed by atoms with Crippen LogP contribution in [0.4, 0.5) is 27.8 Å². The van der Waals surface area contributed by atoms with Gasteiger partial charge < -0.3 is 21.5 Å². The Morgan fingerprint density at radius 1 is 1.00 bits per heavy atom. The number of nitrogens with two attached hydrogens (primary N) is 1. The van der Waals surface area contributed by atoms with Gasteiger partial charge in [-0.25, -0.2) is 26.6 Å². The Bertz CT molecular complexity index is 1220. The van der Waals surface area contributed by atoms with Gasteiger partial charge in [-0.15, -0.1) is 0 Å². The Balaban J connectivity index is 1.65. The van der Waals surface area contributed by atoms with Crippen LogP contribution < -0.4 is 16.4 Å². The lowest BCUT2D eigenvalue weighted by Gasteiger charge is -2.24. The molecule has 0 fully saturated rings. The average Bonchev–Trinajstić information content (AvgIpc) is 3.22. The maximum Gasteiger partial charge on any atom is 0.264 e. The molecule has 8 nitrogen and oxygen atoms in total. The molecule has 3 rings (SSSR count). The third-order valence-corrected chi connectivity index (χ3v) is 5.21. The summed E-state index contributed by atoms with van der Waals surface area (Å²) in [5.74, 6) is -2.48. The van der Waals surface area contributed by atoms with Gasteiger partial charge in [-0.3, -0.25) is 9.59 Å². The van der Waals surface area contributed by atoms with E-state index in [-0.39, 0.29) is 11.4 Å². The molecule has 0 bridgehead atoms. The lowest BCUT2D eigenvalue weighted by atomic mass is 9.99. The third-order valence-electron chi connectivity index (χ3n) is 5.21. The van der Waals surface area contributed by atoms with Crippen LogP contribution in [0.15, 0.2) is 48.7 Å². The summed E-state index contributed by atoms with van der Waals surface area (Å²) in [6.07, 6.45) is -5.19. The van der Waals surface area contributed by atoms with E-state index in [1.807, 2.05) is 0 Å². The van der Waals surface area contributed by atoms with Crippen molar-refractivity contribution in [2.24, 2.45) is 0 Å². The molecule has 2 amide bonds. The number of aliphatic hydroxyl groups is 1. The number of nitrogens with one attached hydrogen (secondary N) is 2.